The van der Waals surface area contributed by atoms with Crippen LogP contribution < -0.4 is 10.2 Å². The lowest BCUT2D eigenvalue weighted by molar-refractivity contribution is 0.374. The van der Waals surface area contributed by atoms with Gasteiger partial charge in [-0.25, -0.2) is 9.97 Å². The Bertz CT molecular complexity index is 680. The predicted molar refractivity (Wildman–Crippen MR) is 107 cm³/mol. The lowest BCUT2D eigenvalue weighted by Crippen LogP contribution is -2.46. The molecule has 1 unspecified atom stereocenters. The van der Waals surface area contributed by atoms with Gasteiger partial charge in [0.05, 0.1) is 0 Å². The summed E-state index contributed by atoms with van der Waals surface area (Å²) in [5.41, 5.74) is 2.37. The second-order valence-corrected chi connectivity index (χ2v) is 7.43. The second-order valence-electron chi connectivity index (χ2n) is 7.43. The van der Waals surface area contributed by atoms with Gasteiger partial charge >= 0.3 is 0 Å². The zero-order valence-corrected chi connectivity index (χ0v) is 16.3. The summed E-state index contributed by atoms with van der Waals surface area (Å²) in [5.74, 6) is 2.08. The molecule has 1 N–H and O–H groups in total. The average Bonchev–Trinajstić information content (AvgIpc) is 2.63. The minimum Gasteiger partial charge on any atom is -0.356 e. The van der Waals surface area contributed by atoms with Crippen molar-refractivity contribution >= 4 is 5.82 Å². The molecule has 3 rings (SSSR count). The third-order valence-electron chi connectivity index (χ3n) is 4.96. The number of aromatic nitrogens is 3. The van der Waals surface area contributed by atoms with Gasteiger partial charge in [0.2, 0.25) is 0 Å². The van der Waals surface area contributed by atoms with E-state index in [0.717, 1.165) is 62.5 Å². The minimum atomic E-state index is 0.466. The van der Waals surface area contributed by atoms with Gasteiger partial charge in [-0.2, -0.15) is 0 Å². The summed E-state index contributed by atoms with van der Waals surface area (Å²) >= 11 is 0. The van der Waals surface area contributed by atoms with E-state index >= 15 is 0 Å². The normalized spacial score (nSPS) is 16.7. The van der Waals surface area contributed by atoms with Crippen LogP contribution in [-0.4, -0.2) is 40.1 Å². The van der Waals surface area contributed by atoms with Gasteiger partial charge in [-0.1, -0.05) is 13.0 Å². The van der Waals surface area contributed by atoms with Crippen LogP contribution in [0.1, 0.15) is 50.2 Å². The van der Waals surface area contributed by atoms with Gasteiger partial charge in [-0.3, -0.25) is 4.98 Å². The van der Waals surface area contributed by atoms with E-state index in [2.05, 4.69) is 53.1 Å². The molecule has 3 heterocycles. The highest BCUT2D eigenvalue weighted by molar-refractivity contribution is 5.40. The van der Waals surface area contributed by atoms with Crippen LogP contribution in [0.4, 0.5) is 5.82 Å². The maximum Gasteiger partial charge on any atom is 0.132 e. The molecule has 1 fully saturated rings. The molecule has 1 aliphatic heterocycles. The maximum atomic E-state index is 4.78. The number of hydrogen-bond acceptors (Lipinski definition) is 5. The van der Waals surface area contributed by atoms with Gasteiger partial charge in [-0.15, -0.1) is 0 Å². The van der Waals surface area contributed by atoms with Crippen molar-refractivity contribution in [3.8, 4) is 0 Å². The van der Waals surface area contributed by atoms with Crippen molar-refractivity contribution in [1.82, 2.24) is 20.3 Å². The van der Waals surface area contributed by atoms with Crippen molar-refractivity contribution in [1.29, 1.82) is 0 Å². The van der Waals surface area contributed by atoms with Crippen LogP contribution in [0.3, 0.4) is 0 Å². The fourth-order valence-electron chi connectivity index (χ4n) is 3.72. The summed E-state index contributed by atoms with van der Waals surface area (Å²) in [4.78, 5) is 16.0. The van der Waals surface area contributed by atoms with E-state index in [0.29, 0.717) is 12.1 Å². The molecule has 0 aliphatic carbocycles. The fraction of sp³-hybridized carbons (Fsp3) is 0.571. The highest BCUT2D eigenvalue weighted by atomic mass is 15.2. The SMILES string of the molecule is CCCc1nc(C)cc(N2CCC(NC(C)Cc3cccnc3)CC2)n1. The molecule has 26 heavy (non-hydrogen) atoms. The van der Waals surface area contributed by atoms with E-state index in [-0.39, 0.29) is 0 Å². The summed E-state index contributed by atoms with van der Waals surface area (Å²) in [6.07, 6.45) is 9.18. The van der Waals surface area contributed by atoms with E-state index in [1.54, 1.807) is 0 Å². The molecule has 0 aromatic carbocycles. The molecule has 0 saturated carbocycles. The van der Waals surface area contributed by atoms with Crippen molar-refractivity contribution < 1.29 is 0 Å². The fourth-order valence-corrected chi connectivity index (χ4v) is 3.72. The van der Waals surface area contributed by atoms with Gasteiger partial charge in [0, 0.05) is 55.7 Å². The van der Waals surface area contributed by atoms with Crippen molar-refractivity contribution in [2.75, 3.05) is 18.0 Å². The van der Waals surface area contributed by atoms with Crippen molar-refractivity contribution in [2.24, 2.45) is 0 Å². The van der Waals surface area contributed by atoms with Crippen LogP contribution in [0.25, 0.3) is 0 Å². The predicted octanol–water partition coefficient (Wildman–Crippen LogP) is 3.32. The first-order chi connectivity index (χ1) is 12.6. The maximum absolute atomic E-state index is 4.78. The minimum absolute atomic E-state index is 0.466. The lowest BCUT2D eigenvalue weighted by atomic mass is 10.0. The van der Waals surface area contributed by atoms with E-state index in [4.69, 9.17) is 4.98 Å². The highest BCUT2D eigenvalue weighted by Gasteiger charge is 2.22. The van der Waals surface area contributed by atoms with Gasteiger partial charge in [0.15, 0.2) is 0 Å². The molecule has 0 radical (unpaired) electrons. The van der Waals surface area contributed by atoms with E-state index in [1.165, 1.54) is 5.56 Å². The van der Waals surface area contributed by atoms with Crippen LogP contribution in [0, 0.1) is 6.92 Å². The Kier molecular flexibility index (Phi) is 6.56. The van der Waals surface area contributed by atoms with Crippen molar-refractivity contribution in [3.63, 3.8) is 0 Å². The summed E-state index contributed by atoms with van der Waals surface area (Å²) in [5, 5.41) is 3.80. The first-order valence-electron chi connectivity index (χ1n) is 9.88. The van der Waals surface area contributed by atoms with Gasteiger partial charge < -0.3 is 10.2 Å². The molecule has 1 aliphatic rings. The number of hydrogen-bond donors (Lipinski definition) is 1. The Morgan fingerprint density at radius 1 is 1.27 bits per heavy atom. The van der Waals surface area contributed by atoms with Gasteiger partial charge in [0.1, 0.15) is 11.6 Å². The molecular formula is C21H31N5. The number of nitrogens with zero attached hydrogens (tertiary/aromatic N) is 4. The molecule has 140 valence electrons. The second kappa shape index (κ2) is 9.08. The van der Waals surface area contributed by atoms with Crippen LogP contribution >= 0.6 is 0 Å². The molecule has 1 atom stereocenters. The van der Waals surface area contributed by atoms with Crippen LogP contribution in [0.5, 0.6) is 0 Å². The number of anilines is 1. The molecule has 0 spiro atoms. The number of rotatable bonds is 7. The average molecular weight is 354 g/mol. The topological polar surface area (TPSA) is 53.9 Å². The monoisotopic (exact) mass is 353 g/mol. The number of pyridine rings is 1. The standard InChI is InChI=1S/C21H31N5/c1-4-6-20-24-17(3)14-21(25-20)26-11-8-19(9-12-26)23-16(2)13-18-7-5-10-22-15-18/h5,7,10,14-16,19,23H,4,6,8-9,11-13H2,1-3H3. The zero-order chi connectivity index (χ0) is 18.4. The lowest BCUT2D eigenvalue weighted by Gasteiger charge is -2.35. The highest BCUT2D eigenvalue weighted by Crippen LogP contribution is 2.20. The quantitative estimate of drug-likeness (QED) is 0.827. The van der Waals surface area contributed by atoms with Gasteiger partial charge in [0.25, 0.3) is 0 Å². The third-order valence-corrected chi connectivity index (χ3v) is 4.96. The molecule has 2 aromatic heterocycles. The summed E-state index contributed by atoms with van der Waals surface area (Å²) in [6, 6.07) is 7.33. The Labute approximate surface area is 157 Å². The number of piperidine rings is 1. The van der Waals surface area contributed by atoms with Crippen LogP contribution in [0.2, 0.25) is 0 Å². The van der Waals surface area contributed by atoms with E-state index in [9.17, 15) is 0 Å². The van der Waals surface area contributed by atoms with E-state index < -0.39 is 0 Å². The Balaban J connectivity index is 1.51. The van der Waals surface area contributed by atoms with E-state index in [1.807, 2.05) is 18.5 Å². The zero-order valence-electron chi connectivity index (χ0n) is 16.3. The molecule has 2 aromatic rings. The first kappa shape index (κ1) is 18.8. The van der Waals surface area contributed by atoms with Crippen molar-refractivity contribution in [3.05, 3.63) is 47.7 Å². The van der Waals surface area contributed by atoms with Gasteiger partial charge in [-0.05, 0) is 51.2 Å². The molecule has 0 amide bonds. The number of nitrogens with one attached hydrogen (secondary N) is 1. The summed E-state index contributed by atoms with van der Waals surface area (Å²) in [7, 11) is 0. The molecule has 5 heteroatoms. The largest absolute Gasteiger partial charge is 0.356 e. The Morgan fingerprint density at radius 3 is 2.77 bits per heavy atom. The van der Waals surface area contributed by atoms with Crippen molar-refractivity contribution in [2.45, 2.75) is 65.0 Å². The summed E-state index contributed by atoms with van der Waals surface area (Å²) < 4.78 is 0. The number of aryl methyl sites for hydroxylation is 2. The molecular weight excluding hydrogens is 322 g/mol. The molecule has 0 bridgehead atoms. The Hall–Kier alpha value is -2.01. The summed E-state index contributed by atoms with van der Waals surface area (Å²) in [6.45, 7) is 8.62. The smallest absolute Gasteiger partial charge is 0.132 e. The first-order valence-corrected chi connectivity index (χ1v) is 9.88. The van der Waals surface area contributed by atoms with Crippen LogP contribution in [-0.2, 0) is 12.8 Å². The van der Waals surface area contributed by atoms with Crippen LogP contribution in [0.15, 0.2) is 30.6 Å². The Morgan fingerprint density at radius 2 is 2.08 bits per heavy atom. The molecule has 1 saturated heterocycles. The molecule has 5 nitrogen and oxygen atoms in total. The third kappa shape index (κ3) is 5.24.